The lowest BCUT2D eigenvalue weighted by Crippen LogP contribution is -2.46. The summed E-state index contributed by atoms with van der Waals surface area (Å²) >= 11 is 2.03. The van der Waals surface area contributed by atoms with Crippen LogP contribution in [0.2, 0.25) is 0 Å². The Bertz CT molecular complexity index is 352. The predicted molar refractivity (Wildman–Crippen MR) is 93.9 cm³/mol. The first-order valence-electron chi connectivity index (χ1n) is 8.97. The van der Waals surface area contributed by atoms with Crippen LogP contribution < -0.4 is 5.32 Å². The molecule has 2 atom stereocenters. The summed E-state index contributed by atoms with van der Waals surface area (Å²) in [6.45, 7) is 8.89. The minimum absolute atomic E-state index is 0.309. The third-order valence-corrected chi connectivity index (χ3v) is 6.57. The SMILES string of the molecule is OCC1C=CC(SN2CCN(CC3CCNCC3)CC2)CC1. The van der Waals surface area contributed by atoms with Gasteiger partial charge in [0.1, 0.15) is 0 Å². The Balaban J connectivity index is 1.35. The molecule has 1 aliphatic carbocycles. The Morgan fingerprint density at radius 3 is 2.41 bits per heavy atom. The quantitative estimate of drug-likeness (QED) is 0.593. The van der Waals surface area contributed by atoms with Gasteiger partial charge >= 0.3 is 0 Å². The van der Waals surface area contributed by atoms with Crippen molar-refractivity contribution >= 4 is 11.9 Å². The summed E-state index contributed by atoms with van der Waals surface area (Å²) < 4.78 is 2.56. The van der Waals surface area contributed by atoms with Gasteiger partial charge in [0.2, 0.25) is 0 Å². The summed E-state index contributed by atoms with van der Waals surface area (Å²) in [5.41, 5.74) is 0. The molecule has 2 saturated heterocycles. The number of rotatable bonds is 5. The summed E-state index contributed by atoms with van der Waals surface area (Å²) in [6.07, 6.45) is 9.59. The average molecular weight is 326 g/mol. The minimum atomic E-state index is 0.309. The van der Waals surface area contributed by atoms with Gasteiger partial charge in [-0.1, -0.05) is 24.1 Å². The van der Waals surface area contributed by atoms with Crippen molar-refractivity contribution in [3.63, 3.8) is 0 Å². The normalized spacial score (nSPS) is 32.4. The van der Waals surface area contributed by atoms with Crippen molar-refractivity contribution in [1.29, 1.82) is 0 Å². The predicted octanol–water partition coefficient (Wildman–Crippen LogP) is 1.58. The van der Waals surface area contributed by atoms with Crippen molar-refractivity contribution in [2.75, 3.05) is 52.4 Å². The average Bonchev–Trinajstić information content (AvgIpc) is 2.58. The van der Waals surface area contributed by atoms with Gasteiger partial charge in [0.05, 0.1) is 0 Å². The Morgan fingerprint density at radius 2 is 1.77 bits per heavy atom. The second-order valence-electron chi connectivity index (χ2n) is 6.97. The highest BCUT2D eigenvalue weighted by molar-refractivity contribution is 7.97. The van der Waals surface area contributed by atoms with E-state index in [-0.39, 0.29) is 0 Å². The van der Waals surface area contributed by atoms with E-state index in [0.717, 1.165) is 12.3 Å². The van der Waals surface area contributed by atoms with Crippen LogP contribution in [0, 0.1) is 11.8 Å². The molecule has 126 valence electrons. The van der Waals surface area contributed by atoms with Crippen LogP contribution >= 0.6 is 11.9 Å². The van der Waals surface area contributed by atoms with Gasteiger partial charge in [0.15, 0.2) is 0 Å². The lowest BCUT2D eigenvalue weighted by Gasteiger charge is -2.38. The molecule has 4 nitrogen and oxygen atoms in total. The van der Waals surface area contributed by atoms with Gasteiger partial charge < -0.3 is 15.3 Å². The van der Waals surface area contributed by atoms with Crippen LogP contribution in [0.1, 0.15) is 25.7 Å². The van der Waals surface area contributed by atoms with E-state index in [1.54, 1.807) is 0 Å². The van der Waals surface area contributed by atoms with E-state index in [1.165, 1.54) is 65.1 Å². The van der Waals surface area contributed by atoms with Crippen LogP contribution in [0.5, 0.6) is 0 Å². The second-order valence-corrected chi connectivity index (χ2v) is 8.30. The van der Waals surface area contributed by atoms with E-state index < -0.39 is 0 Å². The van der Waals surface area contributed by atoms with E-state index in [1.807, 2.05) is 11.9 Å². The monoisotopic (exact) mass is 325 g/mol. The molecular weight excluding hydrogens is 294 g/mol. The lowest BCUT2D eigenvalue weighted by molar-refractivity contribution is 0.157. The fourth-order valence-corrected chi connectivity index (χ4v) is 4.89. The minimum Gasteiger partial charge on any atom is -0.396 e. The van der Waals surface area contributed by atoms with Gasteiger partial charge in [-0.3, -0.25) is 0 Å². The van der Waals surface area contributed by atoms with Crippen molar-refractivity contribution < 1.29 is 5.11 Å². The largest absolute Gasteiger partial charge is 0.396 e. The van der Waals surface area contributed by atoms with Crippen molar-refractivity contribution in [3.8, 4) is 0 Å². The summed E-state index contributed by atoms with van der Waals surface area (Å²) in [7, 11) is 0. The molecule has 2 aliphatic heterocycles. The number of hydrogen-bond acceptors (Lipinski definition) is 5. The Hall–Kier alpha value is -0.0700. The molecule has 0 bridgehead atoms. The maximum atomic E-state index is 9.18. The fraction of sp³-hybridized carbons (Fsp3) is 0.882. The first-order valence-corrected chi connectivity index (χ1v) is 9.81. The summed E-state index contributed by atoms with van der Waals surface area (Å²) in [5, 5.41) is 13.3. The van der Waals surface area contributed by atoms with Gasteiger partial charge in [-0.15, -0.1) is 0 Å². The van der Waals surface area contributed by atoms with Gasteiger partial charge in [-0.2, -0.15) is 0 Å². The van der Waals surface area contributed by atoms with E-state index >= 15 is 0 Å². The third kappa shape index (κ3) is 4.96. The molecule has 2 fully saturated rings. The highest BCUT2D eigenvalue weighted by Crippen LogP contribution is 2.29. The maximum absolute atomic E-state index is 9.18. The summed E-state index contributed by atoms with van der Waals surface area (Å²) in [4.78, 5) is 2.67. The van der Waals surface area contributed by atoms with Gasteiger partial charge in [0, 0.05) is 50.5 Å². The molecule has 3 rings (SSSR count). The number of aliphatic hydroxyl groups excluding tert-OH is 1. The molecule has 0 aromatic heterocycles. The van der Waals surface area contributed by atoms with Crippen LogP contribution in [-0.4, -0.2) is 72.0 Å². The first-order chi connectivity index (χ1) is 10.8. The van der Waals surface area contributed by atoms with E-state index in [2.05, 4.69) is 26.7 Å². The Morgan fingerprint density at radius 1 is 1.00 bits per heavy atom. The third-order valence-electron chi connectivity index (χ3n) is 5.25. The first kappa shape index (κ1) is 16.8. The summed E-state index contributed by atoms with van der Waals surface area (Å²) in [6, 6.07) is 0. The number of nitrogens with one attached hydrogen (secondary N) is 1. The number of hydrogen-bond donors (Lipinski definition) is 2. The number of aliphatic hydroxyl groups is 1. The molecule has 0 amide bonds. The number of piperazine rings is 1. The van der Waals surface area contributed by atoms with Gasteiger partial charge in [-0.25, -0.2) is 4.31 Å². The molecule has 2 heterocycles. The van der Waals surface area contributed by atoms with Gasteiger partial charge in [0.25, 0.3) is 0 Å². The second kappa shape index (κ2) is 8.69. The van der Waals surface area contributed by atoms with Crippen LogP contribution in [0.15, 0.2) is 12.2 Å². The fourth-order valence-electron chi connectivity index (χ4n) is 3.73. The zero-order valence-electron chi connectivity index (χ0n) is 13.6. The van der Waals surface area contributed by atoms with E-state index in [4.69, 9.17) is 0 Å². The molecule has 5 heteroatoms. The highest BCUT2D eigenvalue weighted by atomic mass is 32.2. The lowest BCUT2D eigenvalue weighted by atomic mass is 9.97. The van der Waals surface area contributed by atoms with Crippen LogP contribution in [0.4, 0.5) is 0 Å². The molecular formula is C17H31N3OS. The van der Waals surface area contributed by atoms with E-state index in [0.29, 0.717) is 17.8 Å². The van der Waals surface area contributed by atoms with Crippen molar-refractivity contribution in [3.05, 3.63) is 12.2 Å². The highest BCUT2D eigenvalue weighted by Gasteiger charge is 2.24. The molecule has 0 spiro atoms. The zero-order chi connectivity index (χ0) is 15.2. The molecule has 2 N–H and O–H groups in total. The molecule has 0 radical (unpaired) electrons. The van der Waals surface area contributed by atoms with Crippen molar-refractivity contribution in [2.45, 2.75) is 30.9 Å². The Kier molecular flexibility index (Phi) is 6.63. The number of piperidine rings is 1. The van der Waals surface area contributed by atoms with E-state index in [9.17, 15) is 5.11 Å². The van der Waals surface area contributed by atoms with Crippen molar-refractivity contribution in [1.82, 2.24) is 14.5 Å². The molecule has 22 heavy (non-hydrogen) atoms. The smallest absolute Gasteiger partial charge is 0.0493 e. The standard InChI is InChI=1S/C17H31N3OS/c21-14-16-1-3-17(4-2-16)22-20-11-9-19(10-12-20)13-15-5-7-18-8-6-15/h1,3,15-18,21H,2,4-14H2. The van der Waals surface area contributed by atoms with Gasteiger partial charge in [-0.05, 0) is 44.7 Å². The molecule has 0 aromatic rings. The molecule has 0 aromatic carbocycles. The van der Waals surface area contributed by atoms with Crippen LogP contribution in [-0.2, 0) is 0 Å². The van der Waals surface area contributed by atoms with Crippen LogP contribution in [0.25, 0.3) is 0 Å². The summed E-state index contributed by atoms with van der Waals surface area (Å²) in [5.74, 6) is 1.32. The zero-order valence-corrected chi connectivity index (χ0v) is 14.4. The number of nitrogens with zero attached hydrogens (tertiary/aromatic N) is 2. The molecule has 2 unspecified atom stereocenters. The maximum Gasteiger partial charge on any atom is 0.0493 e. The van der Waals surface area contributed by atoms with Crippen molar-refractivity contribution in [2.24, 2.45) is 11.8 Å². The van der Waals surface area contributed by atoms with Crippen LogP contribution in [0.3, 0.4) is 0 Å². The molecule has 3 aliphatic rings. The topological polar surface area (TPSA) is 38.7 Å². The molecule has 0 saturated carbocycles. The Labute approximate surface area is 139 Å².